The van der Waals surface area contributed by atoms with E-state index in [4.69, 9.17) is 37.4 Å². The topological polar surface area (TPSA) is 74.2 Å². The fourth-order valence-corrected chi connectivity index (χ4v) is 3.73. The van der Waals surface area contributed by atoms with Gasteiger partial charge >= 0.3 is 11.9 Å². The lowest BCUT2D eigenvalue weighted by Gasteiger charge is -2.11. The lowest BCUT2D eigenvalue weighted by molar-refractivity contribution is -0.129. The number of nitrogens with zero attached hydrogens (tertiary/aromatic N) is 1. The maximum Gasteiger partial charge on any atom is 0.363 e. The first-order valence-electron chi connectivity index (χ1n) is 10.4. The van der Waals surface area contributed by atoms with E-state index in [0.29, 0.717) is 39.1 Å². The lowest BCUT2D eigenvalue weighted by Crippen LogP contribution is -2.10. The molecule has 0 aromatic heterocycles. The number of cyclic esters (lactones) is 1. The molecule has 8 heteroatoms. The fraction of sp³-hybridized carbons (Fsp3) is 0.115. The van der Waals surface area contributed by atoms with Crippen LogP contribution in [0.15, 0.2) is 71.4 Å². The SMILES string of the molecule is CCOc1cc(/C=C2/N=C(c3ccc(Cl)cc3Cl)OC2=O)ccc1OC(=O)c1cccc(C)c1. The van der Waals surface area contributed by atoms with E-state index in [1.165, 1.54) is 0 Å². The van der Waals surface area contributed by atoms with Crippen LogP contribution in [-0.4, -0.2) is 24.4 Å². The van der Waals surface area contributed by atoms with Crippen molar-refractivity contribution in [2.75, 3.05) is 6.61 Å². The molecule has 3 aromatic carbocycles. The molecule has 3 aromatic rings. The molecular formula is C26H19Cl2NO5. The van der Waals surface area contributed by atoms with Crippen molar-refractivity contribution in [1.82, 2.24) is 0 Å². The highest BCUT2D eigenvalue weighted by atomic mass is 35.5. The van der Waals surface area contributed by atoms with Crippen LogP contribution in [0.2, 0.25) is 10.0 Å². The molecule has 0 unspecified atom stereocenters. The zero-order chi connectivity index (χ0) is 24.2. The Balaban J connectivity index is 1.61. The Morgan fingerprint density at radius 3 is 2.62 bits per heavy atom. The molecule has 0 saturated carbocycles. The Bertz CT molecular complexity index is 1350. The number of rotatable bonds is 6. The van der Waals surface area contributed by atoms with Gasteiger partial charge in [-0.1, -0.05) is 47.0 Å². The third kappa shape index (κ3) is 5.30. The highest BCUT2D eigenvalue weighted by Gasteiger charge is 2.26. The van der Waals surface area contributed by atoms with Gasteiger partial charge in [0.25, 0.3) is 0 Å². The summed E-state index contributed by atoms with van der Waals surface area (Å²) in [5, 5.41) is 0.778. The highest BCUT2D eigenvalue weighted by Crippen LogP contribution is 2.31. The molecule has 0 bridgehead atoms. The van der Waals surface area contributed by atoms with Gasteiger partial charge in [-0.15, -0.1) is 0 Å². The molecular weight excluding hydrogens is 477 g/mol. The first-order chi connectivity index (χ1) is 16.3. The molecule has 0 fully saturated rings. The molecule has 172 valence electrons. The second kappa shape index (κ2) is 10.1. The number of aliphatic imine (C=N–C) groups is 1. The van der Waals surface area contributed by atoms with Gasteiger partial charge < -0.3 is 14.2 Å². The molecule has 1 heterocycles. The number of hydrogen-bond acceptors (Lipinski definition) is 6. The van der Waals surface area contributed by atoms with E-state index in [0.717, 1.165) is 5.56 Å². The van der Waals surface area contributed by atoms with Crippen LogP contribution in [0.3, 0.4) is 0 Å². The third-order valence-corrected chi connectivity index (χ3v) is 5.36. The van der Waals surface area contributed by atoms with Crippen molar-refractivity contribution in [3.63, 3.8) is 0 Å². The maximum absolute atomic E-state index is 12.6. The van der Waals surface area contributed by atoms with E-state index in [2.05, 4.69) is 4.99 Å². The van der Waals surface area contributed by atoms with E-state index in [9.17, 15) is 9.59 Å². The smallest absolute Gasteiger partial charge is 0.363 e. The molecule has 1 aliphatic heterocycles. The molecule has 4 rings (SSSR count). The van der Waals surface area contributed by atoms with Gasteiger partial charge in [0, 0.05) is 5.02 Å². The molecule has 0 radical (unpaired) electrons. The van der Waals surface area contributed by atoms with Gasteiger partial charge in [-0.3, -0.25) is 0 Å². The van der Waals surface area contributed by atoms with Gasteiger partial charge in [0.15, 0.2) is 17.2 Å². The minimum atomic E-state index is -0.617. The van der Waals surface area contributed by atoms with Crippen LogP contribution in [0.5, 0.6) is 11.5 Å². The standard InChI is InChI=1S/C26H19Cl2NO5/c1-3-32-23-13-16(7-10-22(23)33-25(30)17-6-4-5-15(2)11-17)12-21-26(31)34-24(29-21)19-9-8-18(27)14-20(19)28/h4-14H,3H2,1-2H3/b21-12+. The van der Waals surface area contributed by atoms with Gasteiger partial charge in [0.1, 0.15) is 0 Å². The molecule has 1 aliphatic rings. The summed E-state index contributed by atoms with van der Waals surface area (Å²) in [5.41, 5.74) is 2.54. The summed E-state index contributed by atoms with van der Waals surface area (Å²) in [5.74, 6) is -0.402. The van der Waals surface area contributed by atoms with E-state index in [1.54, 1.807) is 60.7 Å². The molecule has 0 aliphatic carbocycles. The van der Waals surface area contributed by atoms with Gasteiger partial charge in [-0.25, -0.2) is 14.6 Å². The van der Waals surface area contributed by atoms with Crippen molar-refractivity contribution in [1.29, 1.82) is 0 Å². The highest BCUT2D eigenvalue weighted by molar-refractivity contribution is 6.37. The van der Waals surface area contributed by atoms with Crippen LogP contribution in [-0.2, 0) is 9.53 Å². The Morgan fingerprint density at radius 1 is 1.06 bits per heavy atom. The molecule has 0 atom stereocenters. The van der Waals surface area contributed by atoms with Crippen LogP contribution in [0.25, 0.3) is 6.08 Å². The van der Waals surface area contributed by atoms with Gasteiger partial charge in [-0.05, 0) is 68.0 Å². The Labute approximate surface area is 206 Å². The van der Waals surface area contributed by atoms with Crippen LogP contribution < -0.4 is 9.47 Å². The van der Waals surface area contributed by atoms with Crippen molar-refractivity contribution in [3.05, 3.63) is 98.7 Å². The average molecular weight is 496 g/mol. The first-order valence-corrected chi connectivity index (χ1v) is 11.1. The van der Waals surface area contributed by atoms with E-state index in [-0.39, 0.29) is 17.3 Å². The number of halogens is 2. The number of carbonyl (C=O) groups excluding carboxylic acids is 2. The summed E-state index contributed by atoms with van der Waals surface area (Å²) in [4.78, 5) is 29.2. The maximum atomic E-state index is 12.6. The summed E-state index contributed by atoms with van der Waals surface area (Å²) in [7, 11) is 0. The van der Waals surface area contributed by atoms with Crippen LogP contribution >= 0.6 is 23.2 Å². The summed E-state index contributed by atoms with van der Waals surface area (Å²) < 4.78 is 16.5. The minimum absolute atomic E-state index is 0.0895. The first kappa shape index (κ1) is 23.5. The predicted molar refractivity (Wildman–Crippen MR) is 131 cm³/mol. The van der Waals surface area contributed by atoms with Gasteiger partial charge in [0.05, 0.1) is 22.8 Å². The average Bonchev–Trinajstić information content (AvgIpc) is 3.15. The van der Waals surface area contributed by atoms with Crippen LogP contribution in [0.1, 0.15) is 34.0 Å². The second-order valence-electron chi connectivity index (χ2n) is 7.36. The third-order valence-electron chi connectivity index (χ3n) is 4.81. The number of esters is 2. The lowest BCUT2D eigenvalue weighted by atomic mass is 10.1. The van der Waals surface area contributed by atoms with Crippen molar-refractivity contribution in [2.45, 2.75) is 13.8 Å². The predicted octanol–water partition coefficient (Wildman–Crippen LogP) is 6.26. The molecule has 0 saturated heterocycles. The number of aryl methyl sites for hydroxylation is 1. The number of benzene rings is 3. The van der Waals surface area contributed by atoms with Crippen LogP contribution in [0.4, 0.5) is 0 Å². The normalized spacial score (nSPS) is 14.1. The number of carbonyl (C=O) groups is 2. The molecule has 0 amide bonds. The zero-order valence-corrected chi connectivity index (χ0v) is 19.8. The van der Waals surface area contributed by atoms with E-state index in [1.807, 2.05) is 19.9 Å². The minimum Gasteiger partial charge on any atom is -0.490 e. The largest absolute Gasteiger partial charge is 0.490 e. The monoisotopic (exact) mass is 495 g/mol. The molecule has 34 heavy (non-hydrogen) atoms. The summed E-state index contributed by atoms with van der Waals surface area (Å²) in [6.07, 6.45) is 1.55. The summed E-state index contributed by atoms with van der Waals surface area (Å²) in [6.45, 7) is 4.07. The number of ether oxygens (including phenoxy) is 3. The molecule has 6 nitrogen and oxygen atoms in total. The second-order valence-corrected chi connectivity index (χ2v) is 8.20. The van der Waals surface area contributed by atoms with Crippen molar-refractivity contribution in [2.24, 2.45) is 4.99 Å². The molecule has 0 spiro atoms. The Kier molecular flexibility index (Phi) is 7.01. The van der Waals surface area contributed by atoms with Crippen molar-refractivity contribution in [3.8, 4) is 11.5 Å². The fourth-order valence-electron chi connectivity index (χ4n) is 3.24. The van der Waals surface area contributed by atoms with Gasteiger partial charge in [0.2, 0.25) is 5.90 Å². The van der Waals surface area contributed by atoms with E-state index < -0.39 is 11.9 Å². The summed E-state index contributed by atoms with van der Waals surface area (Å²) in [6, 6.07) is 16.9. The Hall–Kier alpha value is -3.61. The summed E-state index contributed by atoms with van der Waals surface area (Å²) >= 11 is 12.1. The zero-order valence-electron chi connectivity index (χ0n) is 18.3. The number of hydrogen-bond donors (Lipinski definition) is 0. The van der Waals surface area contributed by atoms with Crippen molar-refractivity contribution >= 4 is 47.1 Å². The quantitative estimate of drug-likeness (QED) is 0.229. The van der Waals surface area contributed by atoms with Crippen molar-refractivity contribution < 1.29 is 23.8 Å². The molecule has 0 N–H and O–H groups in total. The van der Waals surface area contributed by atoms with Crippen LogP contribution in [0, 0.1) is 6.92 Å². The van der Waals surface area contributed by atoms with E-state index >= 15 is 0 Å². The Morgan fingerprint density at radius 2 is 1.88 bits per heavy atom. The van der Waals surface area contributed by atoms with Gasteiger partial charge in [-0.2, -0.15) is 0 Å².